The molecule has 0 radical (unpaired) electrons. The van der Waals surface area contributed by atoms with Crippen LogP contribution in [0.5, 0.6) is 0 Å². The quantitative estimate of drug-likeness (QED) is 0.509. The van der Waals surface area contributed by atoms with Crippen molar-refractivity contribution < 1.29 is 9.59 Å². The van der Waals surface area contributed by atoms with Gasteiger partial charge in [-0.15, -0.1) is 0 Å². The van der Waals surface area contributed by atoms with Crippen molar-refractivity contribution in [3.8, 4) is 5.69 Å². The van der Waals surface area contributed by atoms with Gasteiger partial charge in [0.25, 0.3) is 5.91 Å². The van der Waals surface area contributed by atoms with Crippen LogP contribution in [0.15, 0.2) is 60.9 Å². The predicted molar refractivity (Wildman–Crippen MR) is 119 cm³/mol. The normalized spacial score (nSPS) is 10.7. The molecule has 0 fully saturated rings. The number of hydrogen-bond acceptors (Lipinski definition) is 4. The molecule has 0 saturated heterocycles. The molecule has 3 rings (SSSR count). The summed E-state index contributed by atoms with van der Waals surface area (Å²) in [6.07, 6.45) is 3.48. The van der Waals surface area contributed by atoms with Gasteiger partial charge in [0, 0.05) is 24.0 Å². The average molecular weight is 426 g/mol. The van der Waals surface area contributed by atoms with E-state index in [0.717, 1.165) is 5.69 Å². The van der Waals surface area contributed by atoms with Crippen LogP contribution in [0, 0.1) is 5.92 Å². The van der Waals surface area contributed by atoms with Gasteiger partial charge in [-0.05, 0) is 42.3 Å². The Labute approximate surface area is 180 Å². The van der Waals surface area contributed by atoms with Crippen molar-refractivity contribution in [1.82, 2.24) is 15.1 Å². The van der Waals surface area contributed by atoms with E-state index in [1.807, 2.05) is 26.0 Å². The minimum Gasteiger partial charge on any atom is -0.374 e. The number of aromatic nitrogens is 2. The number of anilines is 2. The molecule has 0 atom stereocenters. The molecule has 3 aromatic rings. The summed E-state index contributed by atoms with van der Waals surface area (Å²) in [6, 6.07) is 14.1. The molecule has 2 aromatic carbocycles. The molecule has 0 saturated carbocycles. The van der Waals surface area contributed by atoms with Crippen LogP contribution in [-0.2, 0) is 4.79 Å². The molecule has 0 bridgehead atoms. The van der Waals surface area contributed by atoms with E-state index in [-0.39, 0.29) is 18.4 Å². The number of benzene rings is 2. The van der Waals surface area contributed by atoms with Crippen LogP contribution in [0.3, 0.4) is 0 Å². The zero-order chi connectivity index (χ0) is 21.5. The van der Waals surface area contributed by atoms with E-state index in [4.69, 9.17) is 11.6 Å². The van der Waals surface area contributed by atoms with Gasteiger partial charge in [0.2, 0.25) is 5.91 Å². The summed E-state index contributed by atoms with van der Waals surface area (Å²) in [5.74, 6) is -0.171. The number of nitrogens with one attached hydrogen (secondary N) is 3. The minimum absolute atomic E-state index is 0.00341. The molecule has 0 spiro atoms. The van der Waals surface area contributed by atoms with Crippen LogP contribution in [-0.4, -0.2) is 34.7 Å². The fourth-order valence-electron chi connectivity index (χ4n) is 2.81. The Morgan fingerprint density at radius 1 is 1.10 bits per heavy atom. The highest BCUT2D eigenvalue weighted by molar-refractivity contribution is 6.31. The first-order valence-electron chi connectivity index (χ1n) is 9.64. The maximum absolute atomic E-state index is 12.5. The van der Waals surface area contributed by atoms with Crippen molar-refractivity contribution in [2.24, 2.45) is 5.92 Å². The fraction of sp³-hybridized carbons (Fsp3) is 0.227. The van der Waals surface area contributed by atoms with Gasteiger partial charge >= 0.3 is 0 Å². The third-order valence-corrected chi connectivity index (χ3v) is 4.50. The lowest BCUT2D eigenvalue weighted by atomic mass is 10.1. The number of nitrogens with zero attached hydrogens (tertiary/aromatic N) is 2. The summed E-state index contributed by atoms with van der Waals surface area (Å²) >= 11 is 6.12. The molecule has 0 aliphatic carbocycles. The second-order valence-electron chi connectivity index (χ2n) is 7.16. The topological polar surface area (TPSA) is 88.0 Å². The van der Waals surface area contributed by atoms with Crippen molar-refractivity contribution in [1.29, 1.82) is 0 Å². The molecule has 3 N–H and O–H groups in total. The molecule has 2 amide bonds. The lowest BCUT2D eigenvalue weighted by Crippen LogP contribution is -2.29. The lowest BCUT2D eigenvalue weighted by Gasteiger charge is -2.14. The fourth-order valence-corrected chi connectivity index (χ4v) is 2.99. The van der Waals surface area contributed by atoms with Crippen molar-refractivity contribution >= 4 is 34.8 Å². The van der Waals surface area contributed by atoms with E-state index in [1.165, 1.54) is 0 Å². The number of halogens is 1. The highest BCUT2D eigenvalue weighted by Crippen LogP contribution is 2.24. The Balaban J connectivity index is 1.68. The third-order valence-electron chi connectivity index (χ3n) is 4.27. The summed E-state index contributed by atoms with van der Waals surface area (Å²) in [5, 5.41) is 13.5. The van der Waals surface area contributed by atoms with Crippen molar-refractivity contribution in [3.05, 3.63) is 71.5 Å². The number of carbonyl (C=O) groups is 2. The second-order valence-corrected chi connectivity index (χ2v) is 7.60. The van der Waals surface area contributed by atoms with Crippen LogP contribution in [0.1, 0.15) is 24.2 Å². The van der Waals surface area contributed by atoms with Crippen LogP contribution in [0.4, 0.5) is 11.4 Å². The first-order chi connectivity index (χ1) is 14.4. The molecular formula is C22H24ClN5O2. The largest absolute Gasteiger partial charge is 0.374 e. The van der Waals surface area contributed by atoms with E-state index in [0.29, 0.717) is 34.4 Å². The zero-order valence-corrected chi connectivity index (χ0v) is 17.6. The third kappa shape index (κ3) is 5.61. The van der Waals surface area contributed by atoms with E-state index >= 15 is 0 Å². The van der Waals surface area contributed by atoms with E-state index in [2.05, 4.69) is 21.0 Å². The summed E-state index contributed by atoms with van der Waals surface area (Å²) in [6.45, 7) is 4.60. The number of carbonyl (C=O) groups excluding carboxylic acids is 2. The van der Waals surface area contributed by atoms with Gasteiger partial charge < -0.3 is 16.0 Å². The van der Waals surface area contributed by atoms with Gasteiger partial charge in [0.1, 0.15) is 0 Å². The van der Waals surface area contributed by atoms with Gasteiger partial charge in [-0.3, -0.25) is 9.59 Å². The SMILES string of the molecule is CC(C)CNC(=O)c1ccccc1NC(=O)CNc1cc(Cl)ccc1-n1cccn1. The van der Waals surface area contributed by atoms with Crippen LogP contribution >= 0.6 is 11.6 Å². The van der Waals surface area contributed by atoms with Crippen LogP contribution < -0.4 is 16.0 Å². The van der Waals surface area contributed by atoms with Crippen molar-refractivity contribution in [3.63, 3.8) is 0 Å². The Hall–Kier alpha value is -3.32. The van der Waals surface area contributed by atoms with Gasteiger partial charge in [-0.1, -0.05) is 37.6 Å². The standard InChI is InChI=1S/C22H24ClN5O2/c1-15(2)13-25-22(30)17-6-3-4-7-18(17)27-21(29)14-24-19-12-16(23)8-9-20(19)28-11-5-10-26-28/h3-12,15,24H,13-14H2,1-2H3,(H,25,30)(H,27,29). The first kappa shape index (κ1) is 21.4. The molecule has 0 aliphatic heterocycles. The predicted octanol–water partition coefficient (Wildman–Crippen LogP) is 3.96. The van der Waals surface area contributed by atoms with Gasteiger partial charge in [-0.25, -0.2) is 4.68 Å². The molecule has 1 aromatic heterocycles. The summed E-state index contributed by atoms with van der Waals surface area (Å²) in [7, 11) is 0. The molecule has 0 aliphatic rings. The molecule has 8 heteroatoms. The van der Waals surface area contributed by atoms with Gasteiger partial charge in [0.05, 0.1) is 29.2 Å². The molecular weight excluding hydrogens is 402 g/mol. The number of hydrogen-bond donors (Lipinski definition) is 3. The highest BCUT2D eigenvalue weighted by Gasteiger charge is 2.14. The van der Waals surface area contributed by atoms with Gasteiger partial charge in [0.15, 0.2) is 0 Å². The second kappa shape index (κ2) is 9.93. The zero-order valence-electron chi connectivity index (χ0n) is 16.9. The average Bonchev–Trinajstić information content (AvgIpc) is 3.25. The smallest absolute Gasteiger partial charge is 0.253 e. The Morgan fingerprint density at radius 3 is 2.63 bits per heavy atom. The lowest BCUT2D eigenvalue weighted by molar-refractivity contribution is -0.114. The maximum atomic E-state index is 12.5. The number of amides is 2. The summed E-state index contributed by atoms with van der Waals surface area (Å²) < 4.78 is 1.69. The first-order valence-corrected chi connectivity index (χ1v) is 10.0. The van der Waals surface area contributed by atoms with Crippen molar-refractivity contribution in [2.75, 3.05) is 23.7 Å². The van der Waals surface area contributed by atoms with Crippen molar-refractivity contribution in [2.45, 2.75) is 13.8 Å². The highest BCUT2D eigenvalue weighted by atomic mass is 35.5. The van der Waals surface area contributed by atoms with Crippen LogP contribution in [0.25, 0.3) is 5.69 Å². The minimum atomic E-state index is -0.287. The summed E-state index contributed by atoms with van der Waals surface area (Å²) in [4.78, 5) is 25.0. The number of para-hydroxylation sites is 1. The molecule has 0 unspecified atom stereocenters. The Morgan fingerprint density at radius 2 is 1.90 bits per heavy atom. The monoisotopic (exact) mass is 425 g/mol. The Bertz CT molecular complexity index is 1020. The molecule has 30 heavy (non-hydrogen) atoms. The van der Waals surface area contributed by atoms with Gasteiger partial charge in [-0.2, -0.15) is 5.10 Å². The number of rotatable bonds is 8. The molecule has 7 nitrogen and oxygen atoms in total. The Kier molecular flexibility index (Phi) is 7.08. The summed E-state index contributed by atoms with van der Waals surface area (Å²) in [5.41, 5.74) is 2.32. The maximum Gasteiger partial charge on any atom is 0.253 e. The van der Waals surface area contributed by atoms with E-state index < -0.39 is 0 Å². The molecule has 1 heterocycles. The van der Waals surface area contributed by atoms with E-state index in [9.17, 15) is 9.59 Å². The van der Waals surface area contributed by atoms with E-state index in [1.54, 1.807) is 53.5 Å². The van der Waals surface area contributed by atoms with Crippen LogP contribution in [0.2, 0.25) is 5.02 Å². The molecule has 156 valence electrons.